The molecule has 3 heteroatoms. The molecule has 0 aliphatic rings. The molecule has 0 spiro atoms. The monoisotopic (exact) mass is 283 g/mol. The van der Waals surface area contributed by atoms with Crippen LogP contribution in [-0.2, 0) is 32.7 Å². The van der Waals surface area contributed by atoms with Gasteiger partial charge in [-0.3, -0.25) is 0 Å². The molecule has 3 rings (SSSR count). The maximum absolute atomic E-state index is 3.86. The van der Waals surface area contributed by atoms with Crippen molar-refractivity contribution in [2.24, 2.45) is 0 Å². The second-order valence-corrected chi connectivity index (χ2v) is 2.96. The zero-order chi connectivity index (χ0) is 10.3. The number of aromatic amines is 1. The average Bonchev–Trinajstić information content (AvgIpc) is 2.80. The van der Waals surface area contributed by atoms with Gasteiger partial charge in [-0.1, -0.05) is 5.39 Å². The molecule has 2 aromatic carbocycles. The number of rotatable bonds is 0. The Balaban J connectivity index is 0.000000162. The van der Waals surface area contributed by atoms with Crippen molar-refractivity contribution in [2.45, 2.75) is 0 Å². The number of aromatic nitrogens is 2. The molecule has 1 aromatic heterocycles. The molecule has 1 radical (unpaired) electrons. The van der Waals surface area contributed by atoms with Crippen molar-refractivity contribution < 1.29 is 32.7 Å². The van der Waals surface area contributed by atoms with Gasteiger partial charge in [-0.15, -0.1) is 6.07 Å². The summed E-state index contributed by atoms with van der Waals surface area (Å²) in [5.74, 6) is 0. The number of fused-ring (bicyclic) bond motifs is 1. The second-order valence-electron chi connectivity index (χ2n) is 2.96. The van der Waals surface area contributed by atoms with Crippen molar-refractivity contribution in [1.29, 1.82) is 0 Å². The minimum atomic E-state index is 0. The maximum Gasteiger partial charge on any atom is 0.00109 e. The molecule has 0 aliphatic heterocycles. The fourth-order valence-electron chi connectivity index (χ4n) is 1.17. The molecular weight excluding hydrogens is 273 g/mol. The Labute approximate surface area is 120 Å². The third kappa shape index (κ3) is 3.88. The maximum atomic E-state index is 3.86. The van der Waals surface area contributed by atoms with Gasteiger partial charge < -0.3 is 5.10 Å². The standard InChI is InChI=1S/C7H5N2.C6H5.Y/c1-2-4-7-6(3-1)5-8-9-7;1-2-4-6-5-3-1;/h2-5H,(H,8,9);1-5H;/q2*-1;. The van der Waals surface area contributed by atoms with Gasteiger partial charge in [0.25, 0.3) is 0 Å². The molecule has 1 heterocycles. The van der Waals surface area contributed by atoms with Crippen LogP contribution < -0.4 is 0 Å². The Morgan fingerprint density at radius 3 is 2.38 bits per heavy atom. The summed E-state index contributed by atoms with van der Waals surface area (Å²) in [7, 11) is 0. The van der Waals surface area contributed by atoms with Crippen LogP contribution in [0.4, 0.5) is 0 Å². The van der Waals surface area contributed by atoms with E-state index >= 15 is 0 Å². The topological polar surface area (TPSA) is 28.7 Å². The molecule has 0 saturated heterocycles. The molecule has 0 atom stereocenters. The van der Waals surface area contributed by atoms with E-state index in [1.165, 1.54) is 0 Å². The van der Waals surface area contributed by atoms with Crippen LogP contribution in [0.25, 0.3) is 10.9 Å². The number of nitrogens with one attached hydrogen (secondary N) is 1. The smallest absolute Gasteiger partial charge is 0.00109 e. The first-order valence-electron chi connectivity index (χ1n) is 4.67. The summed E-state index contributed by atoms with van der Waals surface area (Å²) in [4.78, 5) is 0. The molecule has 0 fully saturated rings. The van der Waals surface area contributed by atoms with E-state index in [2.05, 4.69) is 22.3 Å². The SMILES string of the molecule is [Y].[c-]1ccc2[nH]ncc2c1.[c-]1ccccc1. The molecule has 0 unspecified atom stereocenters. The van der Waals surface area contributed by atoms with Crippen LogP contribution in [0, 0.1) is 12.1 Å². The van der Waals surface area contributed by atoms with Crippen molar-refractivity contribution in [3.8, 4) is 0 Å². The molecule has 1 N–H and O–H groups in total. The molecule has 77 valence electrons. The Bertz CT molecular complexity index is 448. The van der Waals surface area contributed by atoms with E-state index < -0.39 is 0 Å². The number of benzene rings is 2. The zero-order valence-electron chi connectivity index (χ0n) is 8.72. The van der Waals surface area contributed by atoms with E-state index in [4.69, 9.17) is 0 Å². The molecule has 3 aromatic rings. The number of hydrogen-bond acceptors (Lipinski definition) is 1. The Morgan fingerprint density at radius 1 is 1.00 bits per heavy atom. The first-order chi connectivity index (χ1) is 7.47. The third-order valence-corrected chi connectivity index (χ3v) is 1.89. The summed E-state index contributed by atoms with van der Waals surface area (Å²) in [6, 6.07) is 21.2. The first kappa shape index (κ1) is 13.1. The van der Waals surface area contributed by atoms with Gasteiger partial charge in [-0.25, -0.2) is 0 Å². The van der Waals surface area contributed by atoms with Gasteiger partial charge in [-0.2, -0.15) is 59.7 Å². The van der Waals surface area contributed by atoms with E-state index in [9.17, 15) is 0 Å². The average molecular weight is 283 g/mol. The van der Waals surface area contributed by atoms with Gasteiger partial charge in [0.1, 0.15) is 0 Å². The molecular formula is C13H10N2Y-2. The molecule has 0 saturated carbocycles. The molecule has 16 heavy (non-hydrogen) atoms. The van der Waals surface area contributed by atoms with Crippen molar-refractivity contribution in [1.82, 2.24) is 10.2 Å². The summed E-state index contributed by atoms with van der Waals surface area (Å²) >= 11 is 0. The molecule has 2 nitrogen and oxygen atoms in total. The van der Waals surface area contributed by atoms with Gasteiger partial charge >= 0.3 is 0 Å². The Kier molecular flexibility index (Phi) is 5.98. The summed E-state index contributed by atoms with van der Waals surface area (Å²) < 4.78 is 0. The largest absolute Gasteiger partial charge is 0.303 e. The molecule has 0 amide bonds. The van der Waals surface area contributed by atoms with E-state index in [0.29, 0.717) is 0 Å². The van der Waals surface area contributed by atoms with Crippen LogP contribution in [0.2, 0.25) is 0 Å². The summed E-state index contributed by atoms with van der Waals surface area (Å²) in [5, 5.41) is 7.81. The van der Waals surface area contributed by atoms with E-state index in [-0.39, 0.29) is 32.7 Å². The third-order valence-electron chi connectivity index (χ3n) is 1.89. The minimum absolute atomic E-state index is 0. The van der Waals surface area contributed by atoms with Crippen LogP contribution in [0.3, 0.4) is 0 Å². The molecule has 0 bridgehead atoms. The van der Waals surface area contributed by atoms with E-state index in [1.807, 2.05) is 48.5 Å². The quantitative estimate of drug-likeness (QED) is 0.631. The Hall–Kier alpha value is -0.986. The van der Waals surface area contributed by atoms with Crippen molar-refractivity contribution in [2.75, 3.05) is 0 Å². The first-order valence-corrected chi connectivity index (χ1v) is 4.67. The van der Waals surface area contributed by atoms with Crippen LogP contribution >= 0.6 is 0 Å². The number of hydrogen-bond donors (Lipinski definition) is 1. The van der Waals surface area contributed by atoms with Crippen LogP contribution in [-0.4, -0.2) is 10.2 Å². The number of nitrogens with zero attached hydrogens (tertiary/aromatic N) is 1. The fourth-order valence-corrected chi connectivity index (χ4v) is 1.17. The van der Waals surface area contributed by atoms with Crippen LogP contribution in [0.1, 0.15) is 0 Å². The Morgan fingerprint density at radius 2 is 1.81 bits per heavy atom. The summed E-state index contributed by atoms with van der Waals surface area (Å²) in [6.07, 6.45) is 1.78. The number of H-pyrrole nitrogens is 1. The summed E-state index contributed by atoms with van der Waals surface area (Å²) in [5.41, 5.74) is 1.06. The van der Waals surface area contributed by atoms with Crippen LogP contribution in [0.5, 0.6) is 0 Å². The minimum Gasteiger partial charge on any atom is -0.303 e. The predicted octanol–water partition coefficient (Wildman–Crippen LogP) is 2.85. The normalized spacial score (nSPS) is 8.75. The zero-order valence-corrected chi connectivity index (χ0v) is 11.6. The van der Waals surface area contributed by atoms with Gasteiger partial charge in [-0.05, 0) is 5.52 Å². The van der Waals surface area contributed by atoms with E-state index in [0.717, 1.165) is 10.9 Å². The fraction of sp³-hybridized carbons (Fsp3) is 0. The van der Waals surface area contributed by atoms with Gasteiger partial charge in [0.05, 0.1) is 0 Å². The van der Waals surface area contributed by atoms with Crippen molar-refractivity contribution >= 4 is 10.9 Å². The predicted molar refractivity (Wildman–Crippen MR) is 60.2 cm³/mol. The van der Waals surface area contributed by atoms with Crippen molar-refractivity contribution in [3.63, 3.8) is 0 Å². The van der Waals surface area contributed by atoms with Gasteiger partial charge in [0.15, 0.2) is 0 Å². The van der Waals surface area contributed by atoms with Crippen molar-refractivity contribution in [3.05, 3.63) is 66.9 Å². The van der Waals surface area contributed by atoms with Gasteiger partial charge in [0.2, 0.25) is 0 Å². The van der Waals surface area contributed by atoms with E-state index in [1.54, 1.807) is 6.20 Å². The summed E-state index contributed by atoms with van der Waals surface area (Å²) in [6.45, 7) is 0. The van der Waals surface area contributed by atoms with Crippen LogP contribution in [0.15, 0.2) is 54.7 Å². The van der Waals surface area contributed by atoms with Gasteiger partial charge in [0, 0.05) is 38.9 Å². The second kappa shape index (κ2) is 7.31. The molecule has 0 aliphatic carbocycles.